The van der Waals surface area contributed by atoms with Crippen LogP contribution in [0.3, 0.4) is 0 Å². The minimum atomic E-state index is -0.142. The molecule has 0 saturated carbocycles. The normalized spacial score (nSPS) is 14.2. The quantitative estimate of drug-likeness (QED) is 0.134. The smallest absolute Gasteiger partial charge is 0.270 e. The van der Waals surface area contributed by atoms with Gasteiger partial charge in [0.25, 0.3) is 5.91 Å². The number of carbonyl (C=O) groups is 1. The van der Waals surface area contributed by atoms with E-state index in [2.05, 4.69) is 22.5 Å². The summed E-state index contributed by atoms with van der Waals surface area (Å²) in [6.45, 7) is 6.74. The Kier molecular flexibility index (Phi) is 9.31. The zero-order valence-electron chi connectivity index (χ0n) is 21.6. The second-order valence-corrected chi connectivity index (χ2v) is 11.4. The number of benzene rings is 3. The van der Waals surface area contributed by atoms with Crippen LogP contribution in [0, 0.1) is 0 Å². The number of ether oxygens (including phenoxy) is 2. The van der Waals surface area contributed by atoms with Crippen LogP contribution in [0.2, 0.25) is 0 Å². The number of anilines is 2. The van der Waals surface area contributed by atoms with Gasteiger partial charge in [0, 0.05) is 29.8 Å². The molecule has 0 aromatic heterocycles. The van der Waals surface area contributed by atoms with Gasteiger partial charge in [0.1, 0.15) is 6.61 Å². The average Bonchev–Trinajstić information content (AvgIpc) is 3.17. The molecule has 1 aliphatic rings. The monoisotopic (exact) mass is 608 g/mol. The van der Waals surface area contributed by atoms with Crippen LogP contribution < -0.4 is 19.3 Å². The van der Waals surface area contributed by atoms with Gasteiger partial charge in [0.05, 0.1) is 17.2 Å². The Balaban J connectivity index is 1.63. The number of halogens is 1. The number of amides is 1. The molecular weight excluding hydrogens is 580 g/mol. The Morgan fingerprint density at radius 2 is 1.79 bits per heavy atom. The predicted octanol–water partition coefficient (Wildman–Crippen LogP) is 7.63. The van der Waals surface area contributed by atoms with Gasteiger partial charge in [-0.15, -0.1) is 6.58 Å². The number of hydrogen-bond acceptors (Lipinski definition) is 6. The summed E-state index contributed by atoms with van der Waals surface area (Å²) in [5, 5.41) is 0. The number of thiocarbonyl (C=S) groups is 1. The van der Waals surface area contributed by atoms with E-state index in [1.807, 2.05) is 98.7 Å². The molecule has 8 heteroatoms. The molecule has 0 radical (unpaired) electrons. The maximum Gasteiger partial charge on any atom is 0.270 e. The van der Waals surface area contributed by atoms with Gasteiger partial charge < -0.3 is 14.4 Å². The van der Waals surface area contributed by atoms with Crippen molar-refractivity contribution in [2.75, 3.05) is 30.5 Å². The Morgan fingerprint density at radius 3 is 2.42 bits per heavy atom. The van der Waals surface area contributed by atoms with Crippen molar-refractivity contribution in [2.45, 2.75) is 20.0 Å². The first kappa shape index (κ1) is 28.0. The second kappa shape index (κ2) is 12.7. The Bertz CT molecular complexity index is 1370. The first-order valence-electron chi connectivity index (χ1n) is 12.1. The molecule has 0 bridgehead atoms. The largest absolute Gasteiger partial charge is 0.490 e. The van der Waals surface area contributed by atoms with E-state index in [-0.39, 0.29) is 5.91 Å². The fraction of sp³-hybridized carbons (Fsp3) is 0.200. The number of thioether (sulfide) groups is 1. The summed E-state index contributed by atoms with van der Waals surface area (Å²) in [6.07, 6.45) is 4.29. The molecule has 196 valence electrons. The first-order chi connectivity index (χ1) is 18.3. The van der Waals surface area contributed by atoms with Crippen molar-refractivity contribution in [3.05, 3.63) is 99.4 Å². The molecule has 3 aromatic rings. The number of allylic oxidation sites excluding steroid dienone is 1. The maximum atomic E-state index is 13.4. The van der Waals surface area contributed by atoms with Crippen LogP contribution in [0.4, 0.5) is 11.4 Å². The fourth-order valence-corrected chi connectivity index (χ4v) is 5.54. The highest BCUT2D eigenvalue weighted by Gasteiger charge is 2.33. The number of hydrogen-bond donors (Lipinski definition) is 0. The first-order valence-corrected chi connectivity index (χ1v) is 14.2. The Morgan fingerprint density at radius 1 is 1.08 bits per heavy atom. The van der Waals surface area contributed by atoms with Crippen molar-refractivity contribution in [1.29, 1.82) is 0 Å². The van der Waals surface area contributed by atoms with E-state index < -0.39 is 0 Å². The molecule has 0 aliphatic carbocycles. The molecule has 5 nitrogen and oxygen atoms in total. The molecule has 1 amide bonds. The summed E-state index contributed by atoms with van der Waals surface area (Å²) in [7, 11) is 3.96. The van der Waals surface area contributed by atoms with Crippen LogP contribution in [0.5, 0.6) is 11.5 Å². The molecule has 1 heterocycles. The highest BCUT2D eigenvalue weighted by atomic mass is 79.9. The van der Waals surface area contributed by atoms with E-state index in [9.17, 15) is 4.79 Å². The lowest BCUT2D eigenvalue weighted by atomic mass is 10.0. The average molecular weight is 610 g/mol. The minimum absolute atomic E-state index is 0.142. The number of rotatable bonds is 10. The summed E-state index contributed by atoms with van der Waals surface area (Å²) in [4.78, 5) is 17.5. The van der Waals surface area contributed by atoms with Crippen molar-refractivity contribution in [1.82, 2.24) is 0 Å². The summed E-state index contributed by atoms with van der Waals surface area (Å²) in [5.74, 6) is 1.17. The summed E-state index contributed by atoms with van der Waals surface area (Å²) >= 11 is 10.3. The second-order valence-electron chi connectivity index (χ2n) is 8.78. The van der Waals surface area contributed by atoms with Crippen LogP contribution in [0.15, 0.2) is 82.7 Å². The number of carbonyl (C=O) groups excluding carboxylic acids is 1. The van der Waals surface area contributed by atoms with Crippen molar-refractivity contribution in [3.8, 4) is 11.5 Å². The molecule has 1 saturated heterocycles. The number of nitrogens with zero attached hydrogens (tertiary/aromatic N) is 2. The van der Waals surface area contributed by atoms with Gasteiger partial charge in [-0.1, -0.05) is 58.1 Å². The van der Waals surface area contributed by atoms with Crippen molar-refractivity contribution >= 4 is 67.6 Å². The standard InChI is InChI=1S/C30H29BrN2O3S2/c1-5-7-22-16-21(17-26(35-6-2)28(22)36-19-20-8-10-23(31)11-9-20)18-27-29(34)33(30(37)38-27)25-14-12-24(13-15-25)32(3)4/h5,8-18H,1,6-7,19H2,2-4H3/b27-18+. The third kappa shape index (κ3) is 6.49. The van der Waals surface area contributed by atoms with Crippen LogP contribution in [0.1, 0.15) is 23.6 Å². The molecule has 0 N–H and O–H groups in total. The summed E-state index contributed by atoms with van der Waals surface area (Å²) in [6, 6.07) is 19.7. The van der Waals surface area contributed by atoms with Gasteiger partial charge >= 0.3 is 0 Å². The van der Waals surface area contributed by atoms with Gasteiger partial charge in [0.2, 0.25) is 0 Å². The molecule has 0 unspecified atom stereocenters. The molecule has 4 rings (SSSR count). The van der Waals surface area contributed by atoms with E-state index in [4.69, 9.17) is 21.7 Å². The van der Waals surface area contributed by atoms with Crippen LogP contribution in [-0.2, 0) is 17.8 Å². The highest BCUT2D eigenvalue weighted by Crippen LogP contribution is 2.39. The van der Waals surface area contributed by atoms with E-state index in [0.29, 0.717) is 40.4 Å². The van der Waals surface area contributed by atoms with Crippen molar-refractivity contribution < 1.29 is 14.3 Å². The van der Waals surface area contributed by atoms with E-state index in [1.54, 1.807) is 4.90 Å². The lowest BCUT2D eigenvalue weighted by Crippen LogP contribution is -2.27. The molecule has 1 aliphatic heterocycles. The third-order valence-electron chi connectivity index (χ3n) is 5.83. The van der Waals surface area contributed by atoms with E-state index >= 15 is 0 Å². The topological polar surface area (TPSA) is 42.0 Å². The van der Waals surface area contributed by atoms with Crippen molar-refractivity contribution in [2.24, 2.45) is 0 Å². The highest BCUT2D eigenvalue weighted by molar-refractivity contribution is 9.10. The summed E-state index contributed by atoms with van der Waals surface area (Å²) < 4.78 is 13.7. The lowest BCUT2D eigenvalue weighted by Gasteiger charge is -2.17. The van der Waals surface area contributed by atoms with Crippen LogP contribution >= 0.6 is 39.9 Å². The zero-order chi connectivity index (χ0) is 27.2. The Hall–Kier alpha value is -3.07. The molecule has 3 aromatic carbocycles. The molecule has 38 heavy (non-hydrogen) atoms. The van der Waals surface area contributed by atoms with Gasteiger partial charge in [-0.3, -0.25) is 9.69 Å². The van der Waals surface area contributed by atoms with Crippen molar-refractivity contribution in [3.63, 3.8) is 0 Å². The van der Waals surface area contributed by atoms with Gasteiger partial charge in [0.15, 0.2) is 15.8 Å². The van der Waals surface area contributed by atoms with Gasteiger partial charge in [-0.05, 0) is 79.1 Å². The zero-order valence-corrected chi connectivity index (χ0v) is 24.8. The predicted molar refractivity (Wildman–Crippen MR) is 166 cm³/mol. The van der Waals surface area contributed by atoms with Crippen LogP contribution in [0.25, 0.3) is 6.08 Å². The molecular formula is C30H29BrN2O3S2. The van der Waals surface area contributed by atoms with Crippen LogP contribution in [-0.4, -0.2) is 30.9 Å². The molecule has 1 fully saturated rings. The van der Waals surface area contributed by atoms with E-state index in [0.717, 1.165) is 32.5 Å². The molecule has 0 atom stereocenters. The lowest BCUT2D eigenvalue weighted by molar-refractivity contribution is -0.113. The molecule has 0 spiro atoms. The third-order valence-corrected chi connectivity index (χ3v) is 7.66. The minimum Gasteiger partial charge on any atom is -0.490 e. The van der Waals surface area contributed by atoms with E-state index in [1.165, 1.54) is 11.8 Å². The summed E-state index contributed by atoms with van der Waals surface area (Å²) in [5.41, 5.74) is 4.62. The maximum absolute atomic E-state index is 13.4. The SMILES string of the molecule is C=CCc1cc(/C=C2/SC(=S)N(c3ccc(N(C)C)cc3)C2=O)cc(OCC)c1OCc1ccc(Br)cc1. The fourth-order valence-electron chi connectivity index (χ4n) is 3.98. The Labute approximate surface area is 242 Å². The van der Waals surface area contributed by atoms with Gasteiger partial charge in [-0.2, -0.15) is 0 Å². The van der Waals surface area contributed by atoms with Gasteiger partial charge in [-0.25, -0.2) is 0 Å².